The lowest BCUT2D eigenvalue weighted by molar-refractivity contribution is 0.0378. The summed E-state index contributed by atoms with van der Waals surface area (Å²) >= 11 is 0. The molecule has 1 aromatic heterocycles. The van der Waals surface area contributed by atoms with Crippen molar-refractivity contribution >= 4 is 16.7 Å². The van der Waals surface area contributed by atoms with Gasteiger partial charge in [0.2, 0.25) is 17.5 Å². The quantitative estimate of drug-likeness (QED) is 0.677. The molecular weight excluding hydrogens is 340 g/mol. The first kappa shape index (κ1) is 17.5. The number of ether oxygens (including phenoxy) is 1. The maximum absolute atomic E-state index is 9.42. The highest BCUT2D eigenvalue weighted by Crippen LogP contribution is 2.31. The third kappa shape index (κ3) is 3.95. The van der Waals surface area contributed by atoms with E-state index in [0.717, 1.165) is 62.1 Å². The van der Waals surface area contributed by atoms with Gasteiger partial charge in [-0.05, 0) is 29.8 Å². The maximum atomic E-state index is 9.42. The minimum atomic E-state index is 0.296. The highest BCUT2D eigenvalue weighted by atomic mass is 16.5. The van der Waals surface area contributed by atoms with Crippen LogP contribution in [0.25, 0.3) is 22.2 Å². The second-order valence-corrected chi connectivity index (χ2v) is 6.57. The molecule has 0 unspecified atom stereocenters. The molecule has 4 rings (SSSR count). The fourth-order valence-corrected chi connectivity index (χ4v) is 3.37. The number of nitrogens with zero attached hydrogens (tertiary/aromatic N) is 3. The van der Waals surface area contributed by atoms with Crippen LogP contribution in [-0.2, 0) is 4.74 Å². The number of oxazole rings is 1. The summed E-state index contributed by atoms with van der Waals surface area (Å²) < 4.78 is 11.3. The predicted molar refractivity (Wildman–Crippen MR) is 105 cm³/mol. The average Bonchev–Trinajstić information content (AvgIpc) is 3.14. The van der Waals surface area contributed by atoms with Crippen LogP contribution in [0, 0.1) is 11.3 Å². The number of hydrogen-bond donors (Lipinski definition) is 1. The Morgan fingerprint density at radius 3 is 2.78 bits per heavy atom. The summed E-state index contributed by atoms with van der Waals surface area (Å²) in [7, 11) is 0. The number of nitrogens with one attached hydrogen (secondary N) is 1. The number of morpholine rings is 1. The van der Waals surface area contributed by atoms with E-state index in [9.17, 15) is 5.26 Å². The topological polar surface area (TPSA) is 74.3 Å². The Morgan fingerprint density at radius 2 is 1.93 bits per heavy atom. The van der Waals surface area contributed by atoms with Crippen molar-refractivity contribution in [1.29, 1.82) is 5.26 Å². The second-order valence-electron chi connectivity index (χ2n) is 6.57. The monoisotopic (exact) mass is 362 g/mol. The Morgan fingerprint density at radius 1 is 1.11 bits per heavy atom. The lowest BCUT2D eigenvalue weighted by atomic mass is 10.0. The predicted octanol–water partition coefficient (Wildman–Crippen LogP) is 3.50. The zero-order valence-electron chi connectivity index (χ0n) is 15.1. The van der Waals surface area contributed by atoms with E-state index in [1.807, 2.05) is 30.3 Å². The third-order valence-corrected chi connectivity index (χ3v) is 4.79. The minimum Gasteiger partial charge on any atom is -0.419 e. The SMILES string of the molecule is N#Cc1nc(-c2cccc3ccccc23)oc1NCCCN1CCOCC1. The van der Waals surface area contributed by atoms with E-state index in [2.05, 4.69) is 33.4 Å². The van der Waals surface area contributed by atoms with Gasteiger partial charge < -0.3 is 14.5 Å². The second kappa shape index (κ2) is 8.21. The minimum absolute atomic E-state index is 0.296. The van der Waals surface area contributed by atoms with Gasteiger partial charge in [0.1, 0.15) is 6.07 Å². The summed E-state index contributed by atoms with van der Waals surface area (Å²) in [5.41, 5.74) is 1.19. The summed E-state index contributed by atoms with van der Waals surface area (Å²) in [5, 5.41) is 14.8. The van der Waals surface area contributed by atoms with Crippen molar-refractivity contribution in [3.8, 4) is 17.5 Å². The summed E-state index contributed by atoms with van der Waals surface area (Å²) in [4.78, 5) is 6.79. The Kier molecular flexibility index (Phi) is 5.33. The molecule has 138 valence electrons. The van der Waals surface area contributed by atoms with Crippen LogP contribution in [0.2, 0.25) is 0 Å². The van der Waals surface area contributed by atoms with Crippen LogP contribution in [-0.4, -0.2) is 49.3 Å². The number of fused-ring (bicyclic) bond motifs is 1. The molecule has 3 aromatic rings. The van der Waals surface area contributed by atoms with Crippen LogP contribution < -0.4 is 5.32 Å². The lowest BCUT2D eigenvalue weighted by Crippen LogP contribution is -2.37. The van der Waals surface area contributed by atoms with E-state index in [4.69, 9.17) is 9.15 Å². The Labute approximate surface area is 158 Å². The van der Waals surface area contributed by atoms with Crippen molar-refractivity contribution in [2.24, 2.45) is 0 Å². The Hall–Kier alpha value is -2.88. The first-order chi connectivity index (χ1) is 13.3. The molecule has 0 radical (unpaired) electrons. The van der Waals surface area contributed by atoms with Crippen molar-refractivity contribution in [3.63, 3.8) is 0 Å². The van der Waals surface area contributed by atoms with Gasteiger partial charge >= 0.3 is 0 Å². The zero-order valence-corrected chi connectivity index (χ0v) is 15.1. The van der Waals surface area contributed by atoms with Gasteiger partial charge in [-0.25, -0.2) is 0 Å². The van der Waals surface area contributed by atoms with Crippen molar-refractivity contribution in [3.05, 3.63) is 48.2 Å². The smallest absolute Gasteiger partial charge is 0.232 e. The van der Waals surface area contributed by atoms with E-state index < -0.39 is 0 Å². The fraction of sp³-hybridized carbons (Fsp3) is 0.333. The van der Waals surface area contributed by atoms with Crippen LogP contribution in [0.3, 0.4) is 0 Å². The number of hydrogen-bond acceptors (Lipinski definition) is 6. The highest BCUT2D eigenvalue weighted by molar-refractivity contribution is 5.94. The molecule has 1 aliphatic rings. The van der Waals surface area contributed by atoms with Crippen molar-refractivity contribution in [2.45, 2.75) is 6.42 Å². The van der Waals surface area contributed by atoms with E-state index >= 15 is 0 Å². The van der Waals surface area contributed by atoms with Gasteiger partial charge in [-0.1, -0.05) is 36.4 Å². The van der Waals surface area contributed by atoms with Gasteiger partial charge in [0, 0.05) is 25.2 Å². The first-order valence-electron chi connectivity index (χ1n) is 9.28. The Bertz CT molecular complexity index is 949. The largest absolute Gasteiger partial charge is 0.419 e. The van der Waals surface area contributed by atoms with Gasteiger partial charge in [0.05, 0.1) is 13.2 Å². The van der Waals surface area contributed by atoms with Crippen LogP contribution >= 0.6 is 0 Å². The molecule has 0 atom stereocenters. The van der Waals surface area contributed by atoms with E-state index in [1.54, 1.807) is 0 Å². The number of rotatable bonds is 6. The van der Waals surface area contributed by atoms with Gasteiger partial charge in [-0.3, -0.25) is 4.90 Å². The van der Waals surface area contributed by atoms with Crippen molar-refractivity contribution in [2.75, 3.05) is 44.7 Å². The first-order valence-corrected chi connectivity index (χ1v) is 9.28. The molecule has 2 aromatic carbocycles. The normalized spacial score (nSPS) is 14.9. The molecule has 6 heteroatoms. The molecule has 1 saturated heterocycles. The molecular formula is C21H22N4O2. The molecule has 0 amide bonds. The fourth-order valence-electron chi connectivity index (χ4n) is 3.37. The van der Waals surface area contributed by atoms with Crippen molar-refractivity contribution < 1.29 is 9.15 Å². The van der Waals surface area contributed by atoms with Gasteiger partial charge in [-0.15, -0.1) is 0 Å². The summed E-state index contributed by atoms with van der Waals surface area (Å²) in [6.07, 6.45) is 0.967. The lowest BCUT2D eigenvalue weighted by Gasteiger charge is -2.26. The molecule has 1 aliphatic heterocycles. The van der Waals surface area contributed by atoms with Gasteiger partial charge in [0.15, 0.2) is 0 Å². The molecule has 0 aliphatic carbocycles. The standard InChI is InChI=1S/C21H22N4O2/c22-15-19-21(23-9-4-10-25-11-13-26-14-12-25)27-20(24-19)18-8-3-6-16-5-1-2-7-17(16)18/h1-3,5-8,23H,4,9-14H2. The summed E-state index contributed by atoms with van der Waals surface area (Å²) in [6.45, 7) is 5.32. The zero-order chi connectivity index (χ0) is 18.5. The molecule has 0 saturated carbocycles. The van der Waals surface area contributed by atoms with Gasteiger partial charge in [0.25, 0.3) is 0 Å². The molecule has 6 nitrogen and oxygen atoms in total. The van der Waals surface area contributed by atoms with Crippen LogP contribution in [0.1, 0.15) is 12.1 Å². The van der Waals surface area contributed by atoms with Gasteiger partial charge in [-0.2, -0.15) is 10.2 Å². The number of anilines is 1. The van der Waals surface area contributed by atoms with E-state index in [-0.39, 0.29) is 0 Å². The summed E-state index contributed by atoms with van der Waals surface area (Å²) in [6, 6.07) is 16.2. The molecule has 1 fully saturated rings. The van der Waals surface area contributed by atoms with E-state index in [0.29, 0.717) is 17.5 Å². The molecule has 2 heterocycles. The number of benzene rings is 2. The van der Waals surface area contributed by atoms with Crippen LogP contribution in [0.4, 0.5) is 5.88 Å². The van der Waals surface area contributed by atoms with Crippen LogP contribution in [0.5, 0.6) is 0 Å². The molecule has 0 spiro atoms. The third-order valence-electron chi connectivity index (χ3n) is 4.79. The molecule has 0 bridgehead atoms. The van der Waals surface area contributed by atoms with Crippen molar-refractivity contribution in [1.82, 2.24) is 9.88 Å². The highest BCUT2D eigenvalue weighted by Gasteiger charge is 2.16. The van der Waals surface area contributed by atoms with Crippen LogP contribution in [0.15, 0.2) is 46.9 Å². The number of nitriles is 1. The Balaban J connectivity index is 1.46. The summed E-state index contributed by atoms with van der Waals surface area (Å²) in [5.74, 6) is 0.918. The maximum Gasteiger partial charge on any atom is 0.232 e. The average molecular weight is 362 g/mol. The van der Waals surface area contributed by atoms with E-state index in [1.165, 1.54) is 0 Å². The molecule has 27 heavy (non-hydrogen) atoms. The molecule has 1 N–H and O–H groups in total. The number of aromatic nitrogens is 1.